The van der Waals surface area contributed by atoms with E-state index in [2.05, 4.69) is 27.3 Å². The highest BCUT2D eigenvalue weighted by molar-refractivity contribution is 5.92. The van der Waals surface area contributed by atoms with Gasteiger partial charge in [0, 0.05) is 19.6 Å². The first-order valence-electron chi connectivity index (χ1n) is 9.15. The fraction of sp³-hybridized carbons (Fsp3) is 0.450. The first-order valence-corrected chi connectivity index (χ1v) is 9.15. The zero-order chi connectivity index (χ0) is 18.4. The minimum Gasteiger partial charge on any atom is -0.497 e. The Balaban J connectivity index is 1.49. The molecule has 0 bridgehead atoms. The number of carbonyl (C=O) groups excluding carboxylic acids is 1. The average molecular weight is 354 g/mol. The molecule has 1 amide bonds. The number of ether oxygens (including phenoxy) is 1. The van der Waals surface area contributed by atoms with E-state index in [0.717, 1.165) is 36.6 Å². The summed E-state index contributed by atoms with van der Waals surface area (Å²) in [5.74, 6) is 2.17. The maximum Gasteiger partial charge on any atom is 0.271 e. The van der Waals surface area contributed by atoms with Crippen LogP contribution in [0.15, 0.2) is 36.4 Å². The molecule has 6 heteroatoms. The summed E-state index contributed by atoms with van der Waals surface area (Å²) in [6, 6.07) is 11.5. The van der Waals surface area contributed by atoms with Gasteiger partial charge in [0.05, 0.1) is 7.11 Å². The Bertz CT molecular complexity index is 716. The lowest BCUT2D eigenvalue weighted by atomic mass is 10.0. The number of rotatable bonds is 6. The summed E-state index contributed by atoms with van der Waals surface area (Å²) in [5.41, 5.74) is 1.50. The van der Waals surface area contributed by atoms with Crippen LogP contribution in [-0.4, -0.2) is 42.8 Å². The van der Waals surface area contributed by atoms with Crippen molar-refractivity contribution >= 4 is 11.7 Å². The van der Waals surface area contributed by atoms with Crippen molar-refractivity contribution in [3.63, 3.8) is 0 Å². The van der Waals surface area contributed by atoms with Crippen molar-refractivity contribution in [3.05, 3.63) is 47.7 Å². The quantitative estimate of drug-likeness (QED) is 0.864. The Morgan fingerprint density at radius 1 is 1.23 bits per heavy atom. The molecule has 3 rings (SSSR count). The number of nitrogens with one attached hydrogen (secondary N) is 1. The SMILES string of the molecule is COc1ccc(CCNC(=O)c2ccc(N3CCCC(C)C3)nn2)cc1. The summed E-state index contributed by atoms with van der Waals surface area (Å²) in [6.45, 7) is 4.82. The van der Waals surface area contributed by atoms with Crippen LogP contribution < -0.4 is 15.0 Å². The van der Waals surface area contributed by atoms with Crippen molar-refractivity contribution in [2.45, 2.75) is 26.2 Å². The Kier molecular flexibility index (Phi) is 6.04. The zero-order valence-electron chi connectivity index (χ0n) is 15.4. The van der Waals surface area contributed by atoms with E-state index in [-0.39, 0.29) is 5.91 Å². The fourth-order valence-electron chi connectivity index (χ4n) is 3.22. The summed E-state index contributed by atoms with van der Waals surface area (Å²) in [5, 5.41) is 11.2. The van der Waals surface area contributed by atoms with E-state index >= 15 is 0 Å². The van der Waals surface area contributed by atoms with Crippen molar-refractivity contribution in [2.75, 3.05) is 31.6 Å². The van der Waals surface area contributed by atoms with E-state index in [1.807, 2.05) is 30.3 Å². The van der Waals surface area contributed by atoms with Gasteiger partial charge >= 0.3 is 0 Å². The highest BCUT2D eigenvalue weighted by Crippen LogP contribution is 2.20. The zero-order valence-corrected chi connectivity index (χ0v) is 15.4. The Hall–Kier alpha value is -2.63. The first-order chi connectivity index (χ1) is 12.7. The highest BCUT2D eigenvalue weighted by Gasteiger charge is 2.18. The lowest BCUT2D eigenvalue weighted by Gasteiger charge is -2.31. The third-order valence-corrected chi connectivity index (χ3v) is 4.72. The van der Waals surface area contributed by atoms with Crippen LogP contribution in [-0.2, 0) is 6.42 Å². The van der Waals surface area contributed by atoms with E-state index in [1.54, 1.807) is 13.2 Å². The second kappa shape index (κ2) is 8.65. The maximum atomic E-state index is 12.2. The molecule has 1 aromatic carbocycles. The molecular formula is C20H26N4O2. The van der Waals surface area contributed by atoms with Gasteiger partial charge in [-0.15, -0.1) is 10.2 Å². The van der Waals surface area contributed by atoms with E-state index in [4.69, 9.17) is 4.74 Å². The van der Waals surface area contributed by atoms with Gasteiger partial charge in [0.15, 0.2) is 11.5 Å². The van der Waals surface area contributed by atoms with Crippen molar-refractivity contribution in [1.82, 2.24) is 15.5 Å². The molecule has 2 heterocycles. The minimum atomic E-state index is -0.190. The summed E-state index contributed by atoms with van der Waals surface area (Å²) in [6.07, 6.45) is 3.20. The molecule has 0 saturated carbocycles. The number of methoxy groups -OCH3 is 1. The number of anilines is 1. The van der Waals surface area contributed by atoms with E-state index in [1.165, 1.54) is 12.8 Å². The number of hydrogen-bond donors (Lipinski definition) is 1. The number of nitrogens with zero attached hydrogens (tertiary/aromatic N) is 3. The van der Waals surface area contributed by atoms with Gasteiger partial charge in [0.25, 0.3) is 5.91 Å². The minimum absolute atomic E-state index is 0.190. The summed E-state index contributed by atoms with van der Waals surface area (Å²) < 4.78 is 5.14. The van der Waals surface area contributed by atoms with Gasteiger partial charge in [0.2, 0.25) is 0 Å². The molecule has 1 unspecified atom stereocenters. The molecular weight excluding hydrogens is 328 g/mol. The topological polar surface area (TPSA) is 67.3 Å². The molecule has 138 valence electrons. The number of aromatic nitrogens is 2. The second-order valence-corrected chi connectivity index (χ2v) is 6.82. The van der Waals surface area contributed by atoms with Crippen LogP contribution >= 0.6 is 0 Å². The summed E-state index contributed by atoms with van der Waals surface area (Å²) in [7, 11) is 1.65. The molecule has 1 aliphatic rings. The molecule has 0 radical (unpaired) electrons. The first kappa shape index (κ1) is 18.2. The molecule has 6 nitrogen and oxygen atoms in total. The van der Waals surface area contributed by atoms with Crippen LogP contribution in [0.4, 0.5) is 5.82 Å². The van der Waals surface area contributed by atoms with Crippen LogP contribution in [0, 0.1) is 5.92 Å². The number of amides is 1. The lowest BCUT2D eigenvalue weighted by Crippen LogP contribution is -2.35. The number of hydrogen-bond acceptors (Lipinski definition) is 5. The molecule has 2 aromatic rings. The van der Waals surface area contributed by atoms with E-state index in [0.29, 0.717) is 18.2 Å². The molecule has 1 fully saturated rings. The number of piperidine rings is 1. The number of carbonyl (C=O) groups is 1. The third-order valence-electron chi connectivity index (χ3n) is 4.72. The number of benzene rings is 1. The standard InChI is InChI=1S/C20H26N4O2/c1-15-4-3-13-24(14-15)19-10-9-18(22-23-19)20(25)21-12-11-16-5-7-17(26-2)8-6-16/h5-10,15H,3-4,11-14H2,1-2H3,(H,21,25). The molecule has 1 atom stereocenters. The average Bonchev–Trinajstić information content (AvgIpc) is 2.68. The van der Waals surface area contributed by atoms with E-state index < -0.39 is 0 Å². The predicted molar refractivity (Wildman–Crippen MR) is 102 cm³/mol. The van der Waals surface area contributed by atoms with Gasteiger partial charge in [0.1, 0.15) is 5.75 Å². The monoisotopic (exact) mass is 354 g/mol. The van der Waals surface area contributed by atoms with Crippen LogP contribution in [0.2, 0.25) is 0 Å². The molecule has 26 heavy (non-hydrogen) atoms. The van der Waals surface area contributed by atoms with Gasteiger partial charge in [-0.25, -0.2) is 0 Å². The molecule has 0 aliphatic carbocycles. The van der Waals surface area contributed by atoms with Gasteiger partial charge in [-0.1, -0.05) is 19.1 Å². The fourth-order valence-corrected chi connectivity index (χ4v) is 3.22. The lowest BCUT2D eigenvalue weighted by molar-refractivity contribution is 0.0948. The normalized spacial score (nSPS) is 17.0. The molecule has 1 N–H and O–H groups in total. The maximum absolute atomic E-state index is 12.2. The van der Waals surface area contributed by atoms with Crippen molar-refractivity contribution in [1.29, 1.82) is 0 Å². The Morgan fingerprint density at radius 2 is 2.04 bits per heavy atom. The van der Waals surface area contributed by atoms with E-state index in [9.17, 15) is 4.79 Å². The predicted octanol–water partition coefficient (Wildman–Crippen LogP) is 2.69. The van der Waals surface area contributed by atoms with Gasteiger partial charge in [-0.3, -0.25) is 4.79 Å². The Labute approximate surface area is 154 Å². The highest BCUT2D eigenvalue weighted by atomic mass is 16.5. The summed E-state index contributed by atoms with van der Waals surface area (Å²) >= 11 is 0. The van der Waals surface area contributed by atoms with Gasteiger partial charge < -0.3 is 15.0 Å². The molecule has 0 spiro atoms. The smallest absolute Gasteiger partial charge is 0.271 e. The van der Waals surface area contributed by atoms with Crippen molar-refractivity contribution < 1.29 is 9.53 Å². The largest absolute Gasteiger partial charge is 0.497 e. The second-order valence-electron chi connectivity index (χ2n) is 6.82. The molecule has 1 aliphatic heterocycles. The Morgan fingerprint density at radius 3 is 2.69 bits per heavy atom. The van der Waals surface area contributed by atoms with Crippen LogP contribution in [0.3, 0.4) is 0 Å². The molecule has 1 saturated heterocycles. The third kappa shape index (κ3) is 4.71. The van der Waals surface area contributed by atoms with Crippen LogP contribution in [0.5, 0.6) is 5.75 Å². The van der Waals surface area contributed by atoms with Gasteiger partial charge in [-0.2, -0.15) is 0 Å². The van der Waals surface area contributed by atoms with Crippen LogP contribution in [0.1, 0.15) is 35.8 Å². The molecule has 1 aromatic heterocycles. The summed E-state index contributed by atoms with van der Waals surface area (Å²) in [4.78, 5) is 14.5. The van der Waals surface area contributed by atoms with Crippen molar-refractivity contribution in [2.24, 2.45) is 5.92 Å². The van der Waals surface area contributed by atoms with Gasteiger partial charge in [-0.05, 0) is 55.0 Å². The van der Waals surface area contributed by atoms with Crippen molar-refractivity contribution in [3.8, 4) is 5.75 Å². The van der Waals surface area contributed by atoms with Crippen LogP contribution in [0.25, 0.3) is 0 Å².